The number of hydrogen-bond acceptors (Lipinski definition) is 8. The van der Waals surface area contributed by atoms with Crippen molar-refractivity contribution in [3.63, 3.8) is 0 Å². The van der Waals surface area contributed by atoms with Crippen molar-refractivity contribution in [2.45, 2.75) is 44.0 Å². The van der Waals surface area contributed by atoms with Gasteiger partial charge in [-0.2, -0.15) is 11.8 Å². The second kappa shape index (κ2) is 12.8. The number of hydrogen-bond donors (Lipinski definition) is 7. The third kappa shape index (κ3) is 8.80. The van der Waals surface area contributed by atoms with Crippen LogP contribution in [0.3, 0.4) is 0 Å². The fourth-order valence-corrected chi connectivity index (χ4v) is 2.87. The van der Waals surface area contributed by atoms with Gasteiger partial charge in [-0.25, -0.2) is 9.78 Å². The maximum Gasteiger partial charge on any atom is 0.328 e. The highest BCUT2D eigenvalue weighted by atomic mass is 32.2. The van der Waals surface area contributed by atoms with Crippen LogP contribution in [-0.4, -0.2) is 86.7 Å². The van der Waals surface area contributed by atoms with Crippen molar-refractivity contribution in [3.8, 4) is 0 Å². The molecule has 1 aromatic rings. The molecule has 0 aliphatic heterocycles. The molecule has 12 nitrogen and oxygen atoms in total. The third-order valence-corrected chi connectivity index (χ3v) is 4.71. The Morgan fingerprint density at radius 1 is 1.27 bits per heavy atom. The normalized spacial score (nSPS) is 14.8. The molecule has 1 heterocycles. The zero-order valence-corrected chi connectivity index (χ0v) is 17.6. The smallest absolute Gasteiger partial charge is 0.328 e. The number of amides is 3. The number of carboxylic acids is 1. The number of aromatic nitrogens is 2. The number of H-pyrrole nitrogens is 1. The quantitative estimate of drug-likeness (QED) is 0.173. The number of aromatic amines is 1. The number of thioether (sulfide) groups is 1. The monoisotopic (exact) mass is 444 g/mol. The molecule has 168 valence electrons. The Balaban J connectivity index is 2.71. The number of aliphatic hydroxyl groups is 1. The Morgan fingerprint density at radius 3 is 2.50 bits per heavy atom. The number of nitrogens with one attached hydrogen (secondary N) is 4. The third-order valence-electron chi connectivity index (χ3n) is 4.07. The van der Waals surface area contributed by atoms with E-state index in [2.05, 4.69) is 25.9 Å². The molecule has 1 aromatic heterocycles. The van der Waals surface area contributed by atoms with E-state index in [9.17, 15) is 24.3 Å². The summed E-state index contributed by atoms with van der Waals surface area (Å²) in [6.07, 6.45) is 4.00. The number of carbonyl (C=O) groups excluding carboxylic acids is 3. The van der Waals surface area contributed by atoms with Crippen molar-refractivity contribution in [2.75, 3.05) is 18.6 Å². The molecule has 8 N–H and O–H groups in total. The average Bonchev–Trinajstić information content (AvgIpc) is 3.20. The first-order valence-electron chi connectivity index (χ1n) is 9.15. The summed E-state index contributed by atoms with van der Waals surface area (Å²) in [5, 5.41) is 25.4. The fraction of sp³-hybridized carbons (Fsp3) is 0.588. The summed E-state index contributed by atoms with van der Waals surface area (Å²) in [5.41, 5.74) is 6.42. The summed E-state index contributed by atoms with van der Waals surface area (Å²) in [6, 6.07) is -3.33. The van der Waals surface area contributed by atoms with Crippen LogP contribution in [0.1, 0.15) is 19.0 Å². The average molecular weight is 445 g/mol. The van der Waals surface area contributed by atoms with Crippen molar-refractivity contribution in [1.82, 2.24) is 25.9 Å². The highest BCUT2D eigenvalue weighted by molar-refractivity contribution is 7.98. The van der Waals surface area contributed by atoms with Crippen LogP contribution in [0.2, 0.25) is 0 Å². The highest BCUT2D eigenvalue weighted by Gasteiger charge is 2.27. The number of rotatable bonds is 13. The van der Waals surface area contributed by atoms with Gasteiger partial charge in [0, 0.05) is 18.3 Å². The largest absolute Gasteiger partial charge is 0.480 e. The predicted octanol–water partition coefficient (Wildman–Crippen LogP) is -2.42. The van der Waals surface area contributed by atoms with Crippen LogP contribution in [0.5, 0.6) is 0 Å². The minimum atomic E-state index is -1.51. The molecule has 0 aromatic carbocycles. The van der Waals surface area contributed by atoms with E-state index in [1.54, 1.807) is 0 Å². The number of nitrogens with two attached hydrogens (primary N) is 1. The van der Waals surface area contributed by atoms with E-state index in [0.717, 1.165) is 0 Å². The standard InChI is InChI=1S/C17H28N6O6S/c1-9(24)14(17(28)29)23-13(25)7-20-16(27)12(5-10-6-19-8-21-10)22-15(26)11(18)3-4-30-2/h6,8-9,11-12,14,24H,3-5,7,18H2,1-2H3,(H,19,21)(H,20,27)(H,22,26)(H,23,25)(H,28,29). The van der Waals surface area contributed by atoms with Gasteiger partial charge in [0.1, 0.15) is 6.04 Å². The minimum Gasteiger partial charge on any atom is -0.480 e. The van der Waals surface area contributed by atoms with Crippen LogP contribution in [-0.2, 0) is 25.6 Å². The van der Waals surface area contributed by atoms with Gasteiger partial charge in [0.25, 0.3) is 0 Å². The number of carboxylic acid groups (broad SMARTS) is 1. The van der Waals surface area contributed by atoms with E-state index in [1.807, 2.05) is 6.26 Å². The molecule has 30 heavy (non-hydrogen) atoms. The van der Waals surface area contributed by atoms with Crippen molar-refractivity contribution < 1.29 is 29.4 Å². The van der Waals surface area contributed by atoms with E-state index < -0.39 is 54.5 Å². The second-order valence-electron chi connectivity index (χ2n) is 6.57. The molecule has 13 heteroatoms. The summed E-state index contributed by atoms with van der Waals surface area (Å²) in [4.78, 5) is 54.5. The van der Waals surface area contributed by atoms with Crippen molar-refractivity contribution in [2.24, 2.45) is 5.73 Å². The van der Waals surface area contributed by atoms with Crippen LogP contribution < -0.4 is 21.7 Å². The molecule has 1 rings (SSSR count). The van der Waals surface area contributed by atoms with E-state index in [0.29, 0.717) is 17.9 Å². The summed E-state index contributed by atoms with van der Waals surface area (Å²) in [5.74, 6) is -2.70. The Kier molecular flexibility index (Phi) is 10.9. The van der Waals surface area contributed by atoms with Gasteiger partial charge < -0.3 is 36.9 Å². The molecular weight excluding hydrogens is 416 g/mol. The van der Waals surface area contributed by atoms with E-state index in [4.69, 9.17) is 10.8 Å². The van der Waals surface area contributed by atoms with Gasteiger partial charge in [-0.3, -0.25) is 14.4 Å². The van der Waals surface area contributed by atoms with Gasteiger partial charge in [0.05, 0.1) is 25.0 Å². The molecule has 0 saturated heterocycles. The Morgan fingerprint density at radius 2 is 1.97 bits per heavy atom. The van der Waals surface area contributed by atoms with Crippen molar-refractivity contribution >= 4 is 35.5 Å². The van der Waals surface area contributed by atoms with E-state index >= 15 is 0 Å². The minimum absolute atomic E-state index is 0.0832. The zero-order valence-electron chi connectivity index (χ0n) is 16.8. The maximum absolute atomic E-state index is 12.5. The lowest BCUT2D eigenvalue weighted by Crippen LogP contribution is -2.55. The first-order chi connectivity index (χ1) is 14.1. The maximum atomic E-state index is 12.5. The summed E-state index contributed by atoms with van der Waals surface area (Å²) in [6.45, 7) is 0.678. The second-order valence-corrected chi connectivity index (χ2v) is 7.56. The number of imidazole rings is 1. The number of aliphatic carboxylic acids is 1. The van der Waals surface area contributed by atoms with Gasteiger partial charge in [-0.15, -0.1) is 0 Å². The summed E-state index contributed by atoms with van der Waals surface area (Å²) in [7, 11) is 0. The fourth-order valence-electron chi connectivity index (χ4n) is 2.38. The molecule has 0 aliphatic rings. The molecule has 0 radical (unpaired) electrons. The van der Waals surface area contributed by atoms with Gasteiger partial charge in [-0.1, -0.05) is 0 Å². The zero-order chi connectivity index (χ0) is 22.7. The molecule has 0 bridgehead atoms. The Labute approximate surface area is 177 Å². The molecule has 0 saturated carbocycles. The molecule has 0 spiro atoms. The molecule has 0 fully saturated rings. The molecule has 4 atom stereocenters. The topological polar surface area (TPSA) is 200 Å². The van der Waals surface area contributed by atoms with Crippen molar-refractivity contribution in [1.29, 1.82) is 0 Å². The highest BCUT2D eigenvalue weighted by Crippen LogP contribution is 2.02. The number of carbonyl (C=O) groups is 4. The van der Waals surface area contributed by atoms with Crippen LogP contribution >= 0.6 is 11.8 Å². The van der Waals surface area contributed by atoms with Crippen molar-refractivity contribution in [3.05, 3.63) is 18.2 Å². The summed E-state index contributed by atoms with van der Waals surface area (Å²) >= 11 is 1.54. The lowest BCUT2D eigenvalue weighted by atomic mass is 10.1. The van der Waals surface area contributed by atoms with Gasteiger partial charge in [0.15, 0.2) is 6.04 Å². The van der Waals surface area contributed by atoms with Crippen LogP contribution in [0.15, 0.2) is 12.5 Å². The first-order valence-corrected chi connectivity index (χ1v) is 10.5. The number of nitrogens with zero attached hydrogens (tertiary/aromatic N) is 1. The molecule has 0 aliphatic carbocycles. The van der Waals surface area contributed by atoms with Crippen LogP contribution in [0.25, 0.3) is 0 Å². The van der Waals surface area contributed by atoms with Crippen LogP contribution in [0, 0.1) is 0 Å². The van der Waals surface area contributed by atoms with E-state index in [-0.39, 0.29) is 6.42 Å². The van der Waals surface area contributed by atoms with Gasteiger partial charge in [0.2, 0.25) is 17.7 Å². The SMILES string of the molecule is CSCCC(N)C(=O)NC(Cc1cnc[nH]1)C(=O)NCC(=O)NC(C(=O)O)C(C)O. The Hall–Kier alpha value is -2.64. The lowest BCUT2D eigenvalue weighted by molar-refractivity contribution is -0.144. The predicted molar refractivity (Wildman–Crippen MR) is 109 cm³/mol. The Bertz CT molecular complexity index is 714. The molecule has 3 amide bonds. The molecule has 4 unspecified atom stereocenters. The van der Waals surface area contributed by atoms with Gasteiger partial charge >= 0.3 is 5.97 Å². The lowest BCUT2D eigenvalue weighted by Gasteiger charge is -2.21. The first kappa shape index (κ1) is 25.4. The molecular formula is C17H28N6O6S. The van der Waals surface area contributed by atoms with Gasteiger partial charge in [-0.05, 0) is 25.4 Å². The van der Waals surface area contributed by atoms with Crippen LogP contribution in [0.4, 0.5) is 0 Å². The van der Waals surface area contributed by atoms with E-state index in [1.165, 1.54) is 31.2 Å². The summed E-state index contributed by atoms with van der Waals surface area (Å²) < 4.78 is 0. The number of aliphatic hydroxyl groups excluding tert-OH is 1.